The molecule has 0 atom stereocenters. The lowest BCUT2D eigenvalue weighted by atomic mass is 10.1. The van der Waals surface area contributed by atoms with Crippen LogP contribution in [0.1, 0.15) is 16.7 Å². The molecule has 2 aromatic rings. The lowest BCUT2D eigenvalue weighted by Gasteiger charge is -2.09. The molecule has 0 spiro atoms. The Morgan fingerprint density at radius 2 is 1.84 bits per heavy atom. The Labute approximate surface area is 147 Å². The molecule has 6 nitrogen and oxygen atoms in total. The molecule has 2 aromatic carbocycles. The normalized spacial score (nSPS) is 10.6. The Morgan fingerprint density at radius 1 is 1.12 bits per heavy atom. The first kappa shape index (κ1) is 18.3. The Hall–Kier alpha value is -3.02. The average Bonchev–Trinajstić information content (AvgIpc) is 2.58. The van der Waals surface area contributed by atoms with Crippen molar-refractivity contribution in [3.8, 4) is 17.2 Å². The van der Waals surface area contributed by atoms with Crippen molar-refractivity contribution in [2.75, 3.05) is 20.8 Å². The summed E-state index contributed by atoms with van der Waals surface area (Å²) in [6.07, 6.45) is 1.50. The SMILES string of the molecule is COc1cccc(/C=N\NC(=O)COc2cc(C)cc(C)c2)c1OC. The van der Waals surface area contributed by atoms with Crippen molar-refractivity contribution in [2.24, 2.45) is 5.10 Å². The van der Waals surface area contributed by atoms with Gasteiger partial charge in [0.1, 0.15) is 5.75 Å². The van der Waals surface area contributed by atoms with Crippen LogP contribution in [0.4, 0.5) is 0 Å². The van der Waals surface area contributed by atoms with Crippen molar-refractivity contribution in [3.63, 3.8) is 0 Å². The molecule has 0 unspecified atom stereocenters. The van der Waals surface area contributed by atoms with Crippen LogP contribution in [0.5, 0.6) is 17.2 Å². The second kappa shape index (κ2) is 8.73. The summed E-state index contributed by atoms with van der Waals surface area (Å²) in [6, 6.07) is 11.2. The lowest BCUT2D eigenvalue weighted by Crippen LogP contribution is -2.24. The van der Waals surface area contributed by atoms with Crippen LogP contribution >= 0.6 is 0 Å². The molecule has 0 fully saturated rings. The third kappa shape index (κ3) is 5.24. The van der Waals surface area contributed by atoms with E-state index < -0.39 is 0 Å². The van der Waals surface area contributed by atoms with Gasteiger partial charge in [0.25, 0.3) is 5.91 Å². The van der Waals surface area contributed by atoms with Crippen LogP contribution in [-0.2, 0) is 4.79 Å². The predicted molar refractivity (Wildman–Crippen MR) is 96.7 cm³/mol. The number of para-hydroxylation sites is 1. The molecule has 0 aliphatic heterocycles. The highest BCUT2D eigenvalue weighted by molar-refractivity contribution is 5.86. The van der Waals surface area contributed by atoms with E-state index in [0.717, 1.165) is 11.1 Å². The first-order chi connectivity index (χ1) is 12.0. The van der Waals surface area contributed by atoms with Gasteiger partial charge in [-0.1, -0.05) is 12.1 Å². The largest absolute Gasteiger partial charge is 0.493 e. The van der Waals surface area contributed by atoms with Gasteiger partial charge in [-0.2, -0.15) is 5.10 Å². The summed E-state index contributed by atoms with van der Waals surface area (Å²) in [5.74, 6) is 1.45. The number of hydrogen-bond acceptors (Lipinski definition) is 5. The summed E-state index contributed by atoms with van der Waals surface area (Å²) in [6.45, 7) is 3.84. The van der Waals surface area contributed by atoms with Gasteiger partial charge in [-0.05, 0) is 49.2 Å². The topological polar surface area (TPSA) is 69.2 Å². The van der Waals surface area contributed by atoms with Crippen LogP contribution in [0.15, 0.2) is 41.5 Å². The summed E-state index contributed by atoms with van der Waals surface area (Å²) < 4.78 is 16.0. The molecular formula is C19H22N2O4. The molecule has 25 heavy (non-hydrogen) atoms. The molecule has 0 saturated carbocycles. The van der Waals surface area contributed by atoms with Crippen molar-refractivity contribution in [2.45, 2.75) is 13.8 Å². The van der Waals surface area contributed by atoms with E-state index in [1.165, 1.54) is 6.21 Å². The molecule has 0 saturated heterocycles. The van der Waals surface area contributed by atoms with Gasteiger partial charge in [0.2, 0.25) is 0 Å². The molecule has 132 valence electrons. The summed E-state index contributed by atoms with van der Waals surface area (Å²) in [5.41, 5.74) is 5.28. The van der Waals surface area contributed by atoms with Gasteiger partial charge in [0.15, 0.2) is 18.1 Å². The fourth-order valence-electron chi connectivity index (χ4n) is 2.38. The zero-order valence-electron chi connectivity index (χ0n) is 14.8. The maximum atomic E-state index is 11.8. The first-order valence-electron chi connectivity index (χ1n) is 7.77. The van der Waals surface area contributed by atoms with Gasteiger partial charge in [0.05, 0.1) is 20.4 Å². The minimum Gasteiger partial charge on any atom is -0.493 e. The average molecular weight is 342 g/mol. The fraction of sp³-hybridized carbons (Fsp3) is 0.263. The minimum atomic E-state index is -0.350. The number of carbonyl (C=O) groups is 1. The second-order valence-electron chi connectivity index (χ2n) is 5.49. The molecule has 0 aliphatic rings. The van der Waals surface area contributed by atoms with Crippen molar-refractivity contribution in [1.29, 1.82) is 0 Å². The number of ether oxygens (including phenoxy) is 3. The van der Waals surface area contributed by atoms with E-state index in [1.807, 2.05) is 44.2 Å². The Kier molecular flexibility index (Phi) is 6.39. The van der Waals surface area contributed by atoms with Gasteiger partial charge in [-0.15, -0.1) is 0 Å². The first-order valence-corrected chi connectivity index (χ1v) is 7.77. The van der Waals surface area contributed by atoms with Gasteiger partial charge < -0.3 is 14.2 Å². The van der Waals surface area contributed by atoms with Crippen LogP contribution in [0.2, 0.25) is 0 Å². The second-order valence-corrected chi connectivity index (χ2v) is 5.49. The highest BCUT2D eigenvalue weighted by atomic mass is 16.5. The maximum absolute atomic E-state index is 11.8. The van der Waals surface area contributed by atoms with Crippen molar-refractivity contribution in [1.82, 2.24) is 5.43 Å². The summed E-state index contributed by atoms with van der Waals surface area (Å²) in [5, 5.41) is 3.93. The number of hydrazone groups is 1. The maximum Gasteiger partial charge on any atom is 0.277 e. The number of methoxy groups -OCH3 is 2. The fourth-order valence-corrected chi connectivity index (χ4v) is 2.38. The highest BCUT2D eigenvalue weighted by Crippen LogP contribution is 2.29. The number of carbonyl (C=O) groups excluding carboxylic acids is 1. The van der Waals surface area contributed by atoms with Gasteiger partial charge >= 0.3 is 0 Å². The molecule has 1 amide bonds. The standard InChI is InChI=1S/C19H22N2O4/c1-13-8-14(2)10-16(9-13)25-12-18(22)21-20-11-15-6-5-7-17(23-3)19(15)24-4/h5-11H,12H2,1-4H3,(H,21,22)/b20-11-. The number of rotatable bonds is 7. The smallest absolute Gasteiger partial charge is 0.277 e. The monoisotopic (exact) mass is 342 g/mol. The molecular weight excluding hydrogens is 320 g/mol. The van der Waals surface area contributed by atoms with E-state index in [1.54, 1.807) is 20.3 Å². The quantitative estimate of drug-likeness (QED) is 0.620. The number of amides is 1. The van der Waals surface area contributed by atoms with E-state index in [2.05, 4.69) is 10.5 Å². The van der Waals surface area contributed by atoms with Crippen LogP contribution in [0, 0.1) is 13.8 Å². The Balaban J connectivity index is 1.92. The molecule has 1 N–H and O–H groups in total. The number of nitrogens with zero attached hydrogens (tertiary/aromatic N) is 1. The molecule has 0 radical (unpaired) electrons. The Morgan fingerprint density at radius 3 is 2.48 bits per heavy atom. The summed E-state index contributed by atoms with van der Waals surface area (Å²) in [4.78, 5) is 11.8. The third-order valence-electron chi connectivity index (χ3n) is 3.39. The van der Waals surface area contributed by atoms with E-state index in [0.29, 0.717) is 22.8 Å². The zero-order chi connectivity index (χ0) is 18.2. The Bertz CT molecular complexity index is 752. The predicted octanol–water partition coefficient (Wildman–Crippen LogP) is 2.85. The van der Waals surface area contributed by atoms with Crippen molar-refractivity contribution < 1.29 is 19.0 Å². The van der Waals surface area contributed by atoms with Crippen molar-refractivity contribution >= 4 is 12.1 Å². The van der Waals surface area contributed by atoms with Crippen LogP contribution < -0.4 is 19.6 Å². The van der Waals surface area contributed by atoms with E-state index >= 15 is 0 Å². The van der Waals surface area contributed by atoms with Gasteiger partial charge in [-0.25, -0.2) is 5.43 Å². The molecule has 0 heterocycles. The minimum absolute atomic E-state index is 0.116. The molecule has 2 rings (SSSR count). The zero-order valence-corrected chi connectivity index (χ0v) is 14.8. The lowest BCUT2D eigenvalue weighted by molar-refractivity contribution is -0.123. The van der Waals surface area contributed by atoms with Gasteiger partial charge in [0, 0.05) is 5.56 Å². The number of nitrogens with one attached hydrogen (secondary N) is 1. The molecule has 0 aromatic heterocycles. The molecule has 0 aliphatic carbocycles. The highest BCUT2D eigenvalue weighted by Gasteiger charge is 2.08. The van der Waals surface area contributed by atoms with Crippen LogP contribution in [0.3, 0.4) is 0 Å². The number of hydrogen-bond donors (Lipinski definition) is 1. The van der Waals surface area contributed by atoms with E-state index in [4.69, 9.17) is 14.2 Å². The van der Waals surface area contributed by atoms with Gasteiger partial charge in [-0.3, -0.25) is 4.79 Å². The van der Waals surface area contributed by atoms with E-state index in [9.17, 15) is 4.79 Å². The number of benzene rings is 2. The van der Waals surface area contributed by atoms with Crippen LogP contribution in [-0.4, -0.2) is 32.9 Å². The van der Waals surface area contributed by atoms with Crippen LogP contribution in [0.25, 0.3) is 0 Å². The summed E-state index contributed by atoms with van der Waals surface area (Å²) in [7, 11) is 3.11. The molecule has 0 bridgehead atoms. The third-order valence-corrected chi connectivity index (χ3v) is 3.39. The summed E-state index contributed by atoms with van der Waals surface area (Å²) >= 11 is 0. The number of aryl methyl sites for hydroxylation is 2. The molecule has 6 heteroatoms. The van der Waals surface area contributed by atoms with Crippen molar-refractivity contribution in [3.05, 3.63) is 53.1 Å². The van der Waals surface area contributed by atoms with E-state index in [-0.39, 0.29) is 12.5 Å².